The van der Waals surface area contributed by atoms with Crippen molar-refractivity contribution in [3.63, 3.8) is 0 Å². The fourth-order valence-electron chi connectivity index (χ4n) is 2.09. The van der Waals surface area contributed by atoms with Gasteiger partial charge in [-0.2, -0.15) is 0 Å². The summed E-state index contributed by atoms with van der Waals surface area (Å²) in [6.07, 6.45) is 0.906. The minimum absolute atomic E-state index is 0.0561. The van der Waals surface area contributed by atoms with Crippen molar-refractivity contribution in [2.24, 2.45) is 0 Å². The molecule has 0 aliphatic rings. The maximum absolute atomic E-state index is 9.05. The molecule has 0 amide bonds. The van der Waals surface area contributed by atoms with Crippen LogP contribution in [0.15, 0.2) is 42.5 Å². The summed E-state index contributed by atoms with van der Waals surface area (Å²) in [6.45, 7) is 2.16. The summed E-state index contributed by atoms with van der Waals surface area (Å²) < 4.78 is 0. The lowest BCUT2D eigenvalue weighted by Gasteiger charge is -2.20. The van der Waals surface area contributed by atoms with Crippen LogP contribution >= 0.6 is 23.2 Å². The standard InChI is InChI=1S/C16H17Cl2NO/c1-2-16(14-8-5-12(17)9-15(14)18)19-13-6-3-11(10-20)4-7-13/h3-9,16,19-20H,2,10H2,1H3. The highest BCUT2D eigenvalue weighted by Crippen LogP contribution is 2.30. The Morgan fingerprint density at radius 3 is 2.35 bits per heavy atom. The second-order valence-electron chi connectivity index (χ2n) is 4.63. The lowest BCUT2D eigenvalue weighted by molar-refractivity contribution is 0.282. The van der Waals surface area contributed by atoms with E-state index in [4.69, 9.17) is 28.3 Å². The molecule has 0 radical (unpaired) electrons. The normalized spacial score (nSPS) is 12.2. The van der Waals surface area contributed by atoms with Gasteiger partial charge in [-0.25, -0.2) is 0 Å². The van der Waals surface area contributed by atoms with Crippen LogP contribution < -0.4 is 5.32 Å². The Morgan fingerprint density at radius 1 is 1.10 bits per heavy atom. The average molecular weight is 310 g/mol. The topological polar surface area (TPSA) is 32.3 Å². The number of aliphatic hydroxyl groups is 1. The number of halogens is 2. The zero-order valence-electron chi connectivity index (χ0n) is 11.2. The van der Waals surface area contributed by atoms with Crippen LogP contribution in [0.1, 0.15) is 30.5 Å². The minimum Gasteiger partial charge on any atom is -0.392 e. The van der Waals surface area contributed by atoms with E-state index in [1.165, 1.54) is 0 Å². The third-order valence-electron chi connectivity index (χ3n) is 3.22. The van der Waals surface area contributed by atoms with Crippen molar-refractivity contribution in [3.05, 3.63) is 63.6 Å². The highest BCUT2D eigenvalue weighted by molar-refractivity contribution is 6.35. The van der Waals surface area contributed by atoms with Crippen LogP contribution in [0.5, 0.6) is 0 Å². The molecular formula is C16H17Cl2NO. The van der Waals surface area contributed by atoms with E-state index >= 15 is 0 Å². The molecule has 2 N–H and O–H groups in total. The fourth-order valence-corrected chi connectivity index (χ4v) is 2.63. The van der Waals surface area contributed by atoms with Crippen LogP contribution in [-0.4, -0.2) is 5.11 Å². The van der Waals surface area contributed by atoms with Gasteiger partial charge in [0.1, 0.15) is 0 Å². The van der Waals surface area contributed by atoms with E-state index in [0.717, 1.165) is 23.2 Å². The number of benzene rings is 2. The first-order valence-corrected chi connectivity index (χ1v) is 7.31. The smallest absolute Gasteiger partial charge is 0.0681 e. The summed E-state index contributed by atoms with van der Waals surface area (Å²) in [6, 6.07) is 13.4. The molecule has 4 heteroatoms. The van der Waals surface area contributed by atoms with E-state index in [1.54, 1.807) is 6.07 Å². The van der Waals surface area contributed by atoms with E-state index < -0.39 is 0 Å². The van der Waals surface area contributed by atoms with Gasteiger partial charge in [-0.3, -0.25) is 0 Å². The molecule has 0 fully saturated rings. The molecule has 2 aromatic carbocycles. The molecule has 1 atom stereocenters. The van der Waals surface area contributed by atoms with Crippen molar-refractivity contribution in [1.29, 1.82) is 0 Å². The molecule has 20 heavy (non-hydrogen) atoms. The molecule has 0 spiro atoms. The maximum Gasteiger partial charge on any atom is 0.0681 e. The van der Waals surface area contributed by atoms with Crippen molar-refractivity contribution in [1.82, 2.24) is 0 Å². The second-order valence-corrected chi connectivity index (χ2v) is 5.47. The van der Waals surface area contributed by atoms with Gasteiger partial charge >= 0.3 is 0 Å². The average Bonchev–Trinajstić information content (AvgIpc) is 2.46. The molecule has 0 saturated heterocycles. The van der Waals surface area contributed by atoms with E-state index in [-0.39, 0.29) is 12.6 Å². The summed E-state index contributed by atoms with van der Waals surface area (Å²) in [7, 11) is 0. The van der Waals surface area contributed by atoms with Crippen LogP contribution in [0.4, 0.5) is 5.69 Å². The van der Waals surface area contributed by atoms with Gasteiger partial charge in [0.2, 0.25) is 0 Å². The van der Waals surface area contributed by atoms with E-state index in [0.29, 0.717) is 10.0 Å². The Morgan fingerprint density at radius 2 is 1.80 bits per heavy atom. The highest BCUT2D eigenvalue weighted by atomic mass is 35.5. The van der Waals surface area contributed by atoms with E-state index in [9.17, 15) is 0 Å². The van der Waals surface area contributed by atoms with Gasteiger partial charge in [0.25, 0.3) is 0 Å². The number of nitrogens with one attached hydrogen (secondary N) is 1. The van der Waals surface area contributed by atoms with Crippen molar-refractivity contribution < 1.29 is 5.11 Å². The van der Waals surface area contributed by atoms with E-state index in [2.05, 4.69) is 12.2 Å². The summed E-state index contributed by atoms with van der Waals surface area (Å²) in [5, 5.41) is 13.8. The fraction of sp³-hybridized carbons (Fsp3) is 0.250. The lowest BCUT2D eigenvalue weighted by Crippen LogP contribution is -2.10. The summed E-state index contributed by atoms with van der Waals surface area (Å²) in [5.41, 5.74) is 2.93. The Kier molecular flexibility index (Phi) is 5.30. The molecule has 0 aromatic heterocycles. The quantitative estimate of drug-likeness (QED) is 0.810. The Labute approximate surface area is 129 Å². The first-order chi connectivity index (χ1) is 9.63. The molecule has 0 aliphatic carbocycles. The van der Waals surface area contributed by atoms with Gasteiger partial charge < -0.3 is 10.4 Å². The first-order valence-electron chi connectivity index (χ1n) is 6.55. The molecule has 0 bridgehead atoms. The van der Waals surface area contributed by atoms with Gasteiger partial charge in [0.15, 0.2) is 0 Å². The van der Waals surface area contributed by atoms with Gasteiger partial charge in [-0.15, -0.1) is 0 Å². The third-order valence-corrected chi connectivity index (χ3v) is 3.79. The largest absolute Gasteiger partial charge is 0.392 e. The Balaban J connectivity index is 2.19. The predicted octanol–water partition coefficient (Wildman–Crippen LogP) is 5.05. The van der Waals surface area contributed by atoms with Gasteiger partial charge in [-0.05, 0) is 41.8 Å². The van der Waals surface area contributed by atoms with Crippen LogP contribution in [0.2, 0.25) is 10.0 Å². The maximum atomic E-state index is 9.05. The van der Waals surface area contributed by atoms with Crippen molar-refractivity contribution in [3.8, 4) is 0 Å². The number of rotatable bonds is 5. The molecule has 0 heterocycles. The van der Waals surface area contributed by atoms with Gasteiger partial charge in [0.05, 0.1) is 12.6 Å². The molecule has 2 nitrogen and oxygen atoms in total. The predicted molar refractivity (Wildman–Crippen MR) is 85.5 cm³/mol. The van der Waals surface area contributed by atoms with Crippen molar-refractivity contribution in [2.45, 2.75) is 26.0 Å². The Hall–Kier alpha value is -1.22. The Bertz CT molecular complexity index is 569. The number of aliphatic hydroxyl groups excluding tert-OH is 1. The molecule has 106 valence electrons. The van der Waals surface area contributed by atoms with Crippen molar-refractivity contribution >= 4 is 28.9 Å². The van der Waals surface area contributed by atoms with Gasteiger partial charge in [0, 0.05) is 15.7 Å². The molecular weight excluding hydrogens is 293 g/mol. The number of anilines is 1. The number of hydrogen-bond acceptors (Lipinski definition) is 2. The van der Waals surface area contributed by atoms with Crippen molar-refractivity contribution in [2.75, 3.05) is 5.32 Å². The number of hydrogen-bond donors (Lipinski definition) is 2. The molecule has 0 saturated carbocycles. The molecule has 2 rings (SSSR count). The van der Waals surface area contributed by atoms with E-state index in [1.807, 2.05) is 36.4 Å². The summed E-state index contributed by atoms with van der Waals surface area (Å²) in [5.74, 6) is 0. The zero-order valence-corrected chi connectivity index (χ0v) is 12.7. The van der Waals surface area contributed by atoms with Crippen LogP contribution in [-0.2, 0) is 6.61 Å². The minimum atomic E-state index is 0.0561. The molecule has 2 aromatic rings. The SMILES string of the molecule is CCC(Nc1ccc(CO)cc1)c1ccc(Cl)cc1Cl. The second kappa shape index (κ2) is 6.98. The molecule has 1 unspecified atom stereocenters. The van der Waals surface area contributed by atoms with Crippen LogP contribution in [0, 0.1) is 0 Å². The summed E-state index contributed by atoms with van der Waals surface area (Å²) >= 11 is 12.2. The zero-order chi connectivity index (χ0) is 14.5. The monoisotopic (exact) mass is 309 g/mol. The van der Waals surface area contributed by atoms with Gasteiger partial charge in [-0.1, -0.05) is 48.3 Å². The van der Waals surface area contributed by atoms with Crippen LogP contribution in [0.25, 0.3) is 0 Å². The first kappa shape index (κ1) is 15.2. The third kappa shape index (κ3) is 3.66. The highest BCUT2D eigenvalue weighted by Gasteiger charge is 2.13. The summed E-state index contributed by atoms with van der Waals surface area (Å²) in [4.78, 5) is 0. The van der Waals surface area contributed by atoms with Crippen LogP contribution in [0.3, 0.4) is 0 Å². The molecule has 0 aliphatic heterocycles. The lowest BCUT2D eigenvalue weighted by atomic mass is 10.0.